The van der Waals surface area contributed by atoms with Gasteiger partial charge in [0.2, 0.25) is 0 Å². The van der Waals surface area contributed by atoms with Crippen molar-refractivity contribution in [3.63, 3.8) is 0 Å². The van der Waals surface area contributed by atoms with Gasteiger partial charge in [0.15, 0.2) is 11.9 Å². The van der Waals surface area contributed by atoms with E-state index < -0.39 is 6.10 Å². The van der Waals surface area contributed by atoms with Crippen LogP contribution in [0.2, 0.25) is 0 Å². The fourth-order valence-corrected chi connectivity index (χ4v) is 1.77. The van der Waals surface area contributed by atoms with Crippen LogP contribution in [-0.2, 0) is 16.1 Å². The summed E-state index contributed by atoms with van der Waals surface area (Å²) in [4.78, 5) is 16.0. The van der Waals surface area contributed by atoms with Gasteiger partial charge in [-0.15, -0.1) is 6.58 Å². The molecule has 18 heavy (non-hydrogen) atoms. The second-order valence-electron chi connectivity index (χ2n) is 4.01. The van der Waals surface area contributed by atoms with Crippen LogP contribution in [0.4, 0.5) is 0 Å². The van der Waals surface area contributed by atoms with Gasteiger partial charge in [0.05, 0.1) is 12.3 Å². The van der Waals surface area contributed by atoms with E-state index >= 15 is 0 Å². The van der Waals surface area contributed by atoms with E-state index in [2.05, 4.69) is 11.6 Å². The summed E-state index contributed by atoms with van der Waals surface area (Å²) in [6.45, 7) is 4.06. The fraction of sp³-hybridized carbons (Fsp3) is 0.200. The summed E-state index contributed by atoms with van der Waals surface area (Å²) in [5, 5.41) is 0. The maximum atomic E-state index is 11.8. The molecular weight excluding hydrogens is 226 g/mol. The minimum Gasteiger partial charge on any atom is -0.359 e. The number of ketones is 1. The number of ether oxygens (including phenoxy) is 1. The third-order valence-corrected chi connectivity index (χ3v) is 2.65. The maximum absolute atomic E-state index is 11.8. The Morgan fingerprint density at radius 3 is 2.83 bits per heavy atom. The van der Waals surface area contributed by atoms with E-state index in [1.54, 1.807) is 6.08 Å². The molecule has 0 spiro atoms. The molecule has 3 nitrogen and oxygen atoms in total. The third-order valence-electron chi connectivity index (χ3n) is 2.65. The predicted molar refractivity (Wildman–Crippen MR) is 71.4 cm³/mol. The van der Waals surface area contributed by atoms with Gasteiger partial charge in [-0.2, -0.15) is 0 Å². The second-order valence-corrected chi connectivity index (χ2v) is 4.01. The van der Waals surface area contributed by atoms with Gasteiger partial charge in [0.1, 0.15) is 0 Å². The van der Waals surface area contributed by atoms with E-state index in [9.17, 15) is 4.79 Å². The van der Waals surface area contributed by atoms with E-state index in [4.69, 9.17) is 4.74 Å². The zero-order chi connectivity index (χ0) is 12.8. The minimum absolute atomic E-state index is 0.0576. The molecule has 0 aliphatic carbocycles. The molecule has 0 aromatic heterocycles. The molecule has 1 aromatic rings. The Balaban J connectivity index is 2.02. The lowest BCUT2D eigenvalue weighted by Crippen LogP contribution is -2.33. The standard InChI is InChI=1S/C15H15NO2/c1-2-6-13-15(14(17)9-10-16-13)18-11-12-7-4-3-5-8-12/h2-5,7-10,15H,1,6,11H2. The summed E-state index contributed by atoms with van der Waals surface area (Å²) >= 11 is 0. The van der Waals surface area contributed by atoms with Gasteiger partial charge in [0, 0.05) is 18.7 Å². The van der Waals surface area contributed by atoms with Crippen molar-refractivity contribution in [3.05, 3.63) is 60.8 Å². The first-order valence-corrected chi connectivity index (χ1v) is 5.84. The van der Waals surface area contributed by atoms with E-state index in [0.717, 1.165) is 5.56 Å². The maximum Gasteiger partial charge on any atom is 0.191 e. The summed E-state index contributed by atoms with van der Waals surface area (Å²) in [5.74, 6) is -0.0576. The Labute approximate surface area is 107 Å². The average molecular weight is 241 g/mol. The highest BCUT2D eigenvalue weighted by Gasteiger charge is 2.24. The molecule has 1 unspecified atom stereocenters. The summed E-state index contributed by atoms with van der Waals surface area (Å²) in [6, 6.07) is 9.77. The quantitative estimate of drug-likeness (QED) is 0.743. The normalized spacial score (nSPS) is 18.6. The molecular formula is C15H15NO2. The first-order valence-electron chi connectivity index (χ1n) is 5.84. The molecule has 1 aromatic carbocycles. The summed E-state index contributed by atoms with van der Waals surface area (Å²) in [7, 11) is 0. The lowest BCUT2D eigenvalue weighted by molar-refractivity contribution is -0.122. The molecule has 0 amide bonds. The van der Waals surface area contributed by atoms with Gasteiger partial charge in [-0.25, -0.2) is 0 Å². The Hall–Kier alpha value is -2.00. The number of aliphatic imine (C=N–C) groups is 1. The lowest BCUT2D eigenvalue weighted by Gasteiger charge is -2.18. The summed E-state index contributed by atoms with van der Waals surface area (Å²) < 4.78 is 5.67. The van der Waals surface area contributed by atoms with Gasteiger partial charge in [-0.05, 0) is 5.56 Å². The van der Waals surface area contributed by atoms with E-state index in [0.29, 0.717) is 18.7 Å². The Bertz CT molecular complexity index is 488. The van der Waals surface area contributed by atoms with Crippen LogP contribution in [0.5, 0.6) is 0 Å². The Kier molecular flexibility index (Phi) is 4.20. The highest BCUT2D eigenvalue weighted by molar-refractivity contribution is 6.14. The molecule has 3 heteroatoms. The van der Waals surface area contributed by atoms with Crippen LogP contribution in [0, 0.1) is 0 Å². The van der Waals surface area contributed by atoms with Gasteiger partial charge in [0.25, 0.3) is 0 Å². The van der Waals surface area contributed by atoms with Crippen molar-refractivity contribution in [3.8, 4) is 0 Å². The van der Waals surface area contributed by atoms with E-state index in [1.807, 2.05) is 30.3 Å². The highest BCUT2D eigenvalue weighted by atomic mass is 16.5. The van der Waals surface area contributed by atoms with Crippen molar-refractivity contribution in [2.24, 2.45) is 4.99 Å². The number of carbonyl (C=O) groups is 1. The van der Waals surface area contributed by atoms with Crippen LogP contribution < -0.4 is 0 Å². The molecule has 0 saturated heterocycles. The molecule has 1 aliphatic rings. The zero-order valence-corrected chi connectivity index (χ0v) is 10.1. The molecule has 0 fully saturated rings. The lowest BCUT2D eigenvalue weighted by atomic mass is 10.0. The monoisotopic (exact) mass is 241 g/mol. The number of carbonyl (C=O) groups excluding carboxylic acids is 1. The number of hydrogen-bond acceptors (Lipinski definition) is 3. The first-order chi connectivity index (χ1) is 8.81. The van der Waals surface area contributed by atoms with Gasteiger partial charge in [-0.3, -0.25) is 9.79 Å². The molecule has 1 heterocycles. The van der Waals surface area contributed by atoms with Crippen molar-refractivity contribution in [1.82, 2.24) is 0 Å². The van der Waals surface area contributed by atoms with Crippen LogP contribution in [-0.4, -0.2) is 17.6 Å². The largest absolute Gasteiger partial charge is 0.359 e. The van der Waals surface area contributed by atoms with Crippen molar-refractivity contribution in [2.45, 2.75) is 19.1 Å². The summed E-state index contributed by atoms with van der Waals surface area (Å²) in [5.41, 5.74) is 1.76. The Morgan fingerprint density at radius 2 is 2.11 bits per heavy atom. The van der Waals surface area contributed by atoms with Gasteiger partial charge < -0.3 is 4.74 Å². The van der Waals surface area contributed by atoms with Crippen molar-refractivity contribution < 1.29 is 9.53 Å². The highest BCUT2D eigenvalue weighted by Crippen LogP contribution is 2.12. The number of allylic oxidation sites excluding steroid dienone is 1. The average Bonchev–Trinajstić information content (AvgIpc) is 2.40. The van der Waals surface area contributed by atoms with Crippen molar-refractivity contribution >= 4 is 11.5 Å². The third kappa shape index (κ3) is 3.02. The first kappa shape index (κ1) is 12.5. The topological polar surface area (TPSA) is 38.7 Å². The zero-order valence-electron chi connectivity index (χ0n) is 10.1. The minimum atomic E-state index is -0.576. The van der Waals surface area contributed by atoms with E-state index in [-0.39, 0.29) is 5.78 Å². The van der Waals surface area contributed by atoms with Crippen LogP contribution in [0.3, 0.4) is 0 Å². The van der Waals surface area contributed by atoms with Crippen LogP contribution >= 0.6 is 0 Å². The molecule has 0 radical (unpaired) electrons. The fourth-order valence-electron chi connectivity index (χ4n) is 1.77. The molecule has 0 N–H and O–H groups in total. The Morgan fingerprint density at radius 1 is 1.33 bits per heavy atom. The molecule has 1 aliphatic heterocycles. The SMILES string of the molecule is C=CCC1=NC=CC(=O)C1OCc1ccccc1. The van der Waals surface area contributed by atoms with Crippen LogP contribution in [0.25, 0.3) is 0 Å². The molecule has 92 valence electrons. The number of rotatable bonds is 5. The van der Waals surface area contributed by atoms with Crippen LogP contribution in [0.15, 0.2) is 60.3 Å². The van der Waals surface area contributed by atoms with Crippen LogP contribution in [0.1, 0.15) is 12.0 Å². The molecule has 2 rings (SSSR count). The number of nitrogens with zero attached hydrogens (tertiary/aromatic N) is 1. The summed E-state index contributed by atoms with van der Waals surface area (Å²) in [6.07, 6.45) is 4.68. The molecule has 0 saturated carbocycles. The predicted octanol–water partition coefficient (Wildman–Crippen LogP) is 2.69. The van der Waals surface area contributed by atoms with Gasteiger partial charge in [-0.1, -0.05) is 36.4 Å². The van der Waals surface area contributed by atoms with Crippen molar-refractivity contribution in [2.75, 3.05) is 0 Å². The van der Waals surface area contributed by atoms with Crippen molar-refractivity contribution in [1.29, 1.82) is 0 Å². The molecule has 1 atom stereocenters. The number of benzene rings is 1. The number of hydrogen-bond donors (Lipinski definition) is 0. The van der Waals surface area contributed by atoms with Gasteiger partial charge >= 0.3 is 0 Å². The smallest absolute Gasteiger partial charge is 0.191 e. The van der Waals surface area contributed by atoms with E-state index in [1.165, 1.54) is 12.3 Å². The molecule has 0 bridgehead atoms. The second kappa shape index (κ2) is 6.07.